The van der Waals surface area contributed by atoms with Crippen molar-refractivity contribution in [2.24, 2.45) is 23.7 Å². The highest BCUT2D eigenvalue weighted by Gasteiger charge is 2.64. The van der Waals surface area contributed by atoms with Crippen LogP contribution in [-0.2, 0) is 6.54 Å². The summed E-state index contributed by atoms with van der Waals surface area (Å²) in [6.45, 7) is 0.657. The summed E-state index contributed by atoms with van der Waals surface area (Å²) >= 11 is 0. The second-order valence-electron chi connectivity index (χ2n) is 5.97. The number of fused-ring (bicyclic) bond motifs is 5. The first-order valence-electron chi connectivity index (χ1n) is 6.79. The molecule has 1 aromatic heterocycles. The number of rotatable bonds is 4. The van der Waals surface area contributed by atoms with Gasteiger partial charge >= 0.3 is 5.97 Å². The van der Waals surface area contributed by atoms with E-state index in [9.17, 15) is 4.79 Å². The third-order valence-electron chi connectivity index (χ3n) is 5.12. The van der Waals surface area contributed by atoms with E-state index in [-0.39, 0.29) is 5.76 Å². The summed E-state index contributed by atoms with van der Waals surface area (Å²) in [5.41, 5.74) is 0. The molecular formula is C14H17NO3. The molecule has 0 amide bonds. The van der Waals surface area contributed by atoms with E-state index in [0.717, 1.165) is 29.4 Å². The van der Waals surface area contributed by atoms with Crippen LogP contribution in [0.15, 0.2) is 16.5 Å². The lowest BCUT2D eigenvalue weighted by Crippen LogP contribution is -2.22. The average molecular weight is 247 g/mol. The Balaban J connectivity index is 1.36. The van der Waals surface area contributed by atoms with Crippen LogP contribution in [0.2, 0.25) is 0 Å². The molecular weight excluding hydrogens is 230 g/mol. The van der Waals surface area contributed by atoms with Gasteiger partial charge in [-0.2, -0.15) is 0 Å². The first kappa shape index (κ1) is 10.6. The highest BCUT2D eigenvalue weighted by molar-refractivity contribution is 5.84. The summed E-state index contributed by atoms with van der Waals surface area (Å²) < 4.78 is 5.25. The normalized spacial score (nSPS) is 39.9. The molecule has 3 aliphatic rings. The van der Waals surface area contributed by atoms with E-state index < -0.39 is 5.97 Å². The molecule has 96 valence electrons. The first-order valence-corrected chi connectivity index (χ1v) is 6.79. The number of furan rings is 1. The molecule has 4 atom stereocenters. The Hall–Kier alpha value is -1.29. The maximum atomic E-state index is 10.7. The predicted octanol–water partition coefficient (Wildman–Crippen LogP) is 2.11. The molecule has 0 saturated heterocycles. The Bertz CT molecular complexity index is 479. The molecule has 0 radical (unpaired) electrons. The van der Waals surface area contributed by atoms with Crippen LogP contribution in [0.5, 0.6) is 0 Å². The van der Waals surface area contributed by atoms with E-state index in [1.54, 1.807) is 6.07 Å². The Morgan fingerprint density at radius 3 is 2.67 bits per heavy atom. The molecule has 3 fully saturated rings. The lowest BCUT2D eigenvalue weighted by molar-refractivity contribution is 0.0660. The molecule has 0 aliphatic heterocycles. The lowest BCUT2D eigenvalue weighted by atomic mass is 10.0. The Morgan fingerprint density at radius 2 is 2.06 bits per heavy atom. The monoisotopic (exact) mass is 247 g/mol. The Kier molecular flexibility index (Phi) is 2.13. The van der Waals surface area contributed by atoms with Gasteiger partial charge in [0.2, 0.25) is 5.76 Å². The summed E-state index contributed by atoms with van der Waals surface area (Å²) in [6.07, 6.45) is 4.30. The van der Waals surface area contributed by atoms with Crippen molar-refractivity contribution >= 4 is 5.97 Å². The van der Waals surface area contributed by atoms with Gasteiger partial charge in [-0.25, -0.2) is 4.79 Å². The summed E-state index contributed by atoms with van der Waals surface area (Å²) in [4.78, 5) is 10.7. The summed E-state index contributed by atoms with van der Waals surface area (Å²) in [6, 6.07) is 3.94. The van der Waals surface area contributed by atoms with E-state index in [4.69, 9.17) is 9.52 Å². The van der Waals surface area contributed by atoms with E-state index >= 15 is 0 Å². The van der Waals surface area contributed by atoms with Crippen molar-refractivity contribution in [1.29, 1.82) is 0 Å². The first-order chi connectivity index (χ1) is 8.74. The Labute approximate surface area is 105 Å². The fraction of sp³-hybridized carbons (Fsp3) is 0.643. The van der Waals surface area contributed by atoms with Gasteiger partial charge in [-0.05, 0) is 55.1 Å². The summed E-state index contributed by atoms with van der Waals surface area (Å²) in [7, 11) is 0. The number of nitrogens with one attached hydrogen (secondary N) is 1. The maximum Gasteiger partial charge on any atom is 0.371 e. The fourth-order valence-corrected chi connectivity index (χ4v) is 4.40. The number of hydrogen-bond acceptors (Lipinski definition) is 3. The SMILES string of the molecule is O=C(O)c1ccc(CNC2C3C4CCC(C4)C23)o1. The van der Waals surface area contributed by atoms with E-state index in [1.165, 1.54) is 25.3 Å². The van der Waals surface area contributed by atoms with Crippen LogP contribution < -0.4 is 5.32 Å². The van der Waals surface area contributed by atoms with Crippen LogP contribution in [0, 0.1) is 23.7 Å². The lowest BCUT2D eigenvalue weighted by Gasteiger charge is -2.09. The minimum absolute atomic E-state index is 0.0304. The number of aromatic carboxylic acids is 1. The quantitative estimate of drug-likeness (QED) is 0.855. The maximum absolute atomic E-state index is 10.7. The van der Waals surface area contributed by atoms with Crippen molar-refractivity contribution in [3.8, 4) is 0 Å². The van der Waals surface area contributed by atoms with Gasteiger partial charge in [0.25, 0.3) is 0 Å². The number of hydrogen-bond donors (Lipinski definition) is 2. The minimum Gasteiger partial charge on any atom is -0.475 e. The highest BCUT2D eigenvalue weighted by Crippen LogP contribution is 2.65. The molecule has 2 N–H and O–H groups in total. The van der Waals surface area contributed by atoms with Gasteiger partial charge < -0.3 is 14.8 Å². The van der Waals surface area contributed by atoms with Crippen molar-refractivity contribution in [2.45, 2.75) is 31.8 Å². The van der Waals surface area contributed by atoms with Crippen molar-refractivity contribution in [2.75, 3.05) is 0 Å². The third kappa shape index (κ3) is 1.45. The predicted molar refractivity (Wildman–Crippen MR) is 64.1 cm³/mol. The van der Waals surface area contributed by atoms with Crippen molar-refractivity contribution in [1.82, 2.24) is 5.32 Å². The topological polar surface area (TPSA) is 62.5 Å². The van der Waals surface area contributed by atoms with E-state index in [2.05, 4.69) is 5.32 Å². The van der Waals surface area contributed by atoms with Gasteiger partial charge in [0, 0.05) is 6.04 Å². The van der Waals surface area contributed by atoms with Gasteiger partial charge in [0.15, 0.2) is 0 Å². The highest BCUT2D eigenvalue weighted by atomic mass is 16.4. The summed E-state index contributed by atoms with van der Waals surface area (Å²) in [5, 5.41) is 12.3. The van der Waals surface area contributed by atoms with Crippen LogP contribution in [0.25, 0.3) is 0 Å². The van der Waals surface area contributed by atoms with Gasteiger partial charge in [-0.1, -0.05) is 0 Å². The number of carbonyl (C=O) groups is 1. The van der Waals surface area contributed by atoms with Gasteiger partial charge in [-0.15, -0.1) is 0 Å². The average Bonchev–Trinajstić information content (AvgIpc) is 2.81. The van der Waals surface area contributed by atoms with Crippen LogP contribution in [-0.4, -0.2) is 17.1 Å². The smallest absolute Gasteiger partial charge is 0.371 e. The van der Waals surface area contributed by atoms with Gasteiger partial charge in [-0.3, -0.25) is 0 Å². The molecule has 4 heteroatoms. The number of carboxylic acid groups (broad SMARTS) is 1. The Morgan fingerprint density at radius 1 is 1.33 bits per heavy atom. The zero-order valence-electron chi connectivity index (χ0n) is 10.1. The molecule has 4 nitrogen and oxygen atoms in total. The standard InChI is InChI=1S/C14H17NO3/c16-14(17)10-4-3-9(18-10)6-15-13-11-7-1-2-8(5-7)12(11)13/h3-4,7-8,11-13,15H,1-2,5-6H2,(H,16,17). The molecule has 1 heterocycles. The van der Waals surface area contributed by atoms with E-state index in [1.807, 2.05) is 0 Å². The van der Waals surface area contributed by atoms with Crippen LogP contribution in [0.3, 0.4) is 0 Å². The molecule has 4 unspecified atom stereocenters. The third-order valence-corrected chi connectivity index (χ3v) is 5.12. The molecule has 3 saturated carbocycles. The van der Waals surface area contributed by atoms with Crippen molar-refractivity contribution in [3.05, 3.63) is 23.7 Å². The van der Waals surface area contributed by atoms with Crippen LogP contribution >= 0.6 is 0 Å². The molecule has 0 aromatic carbocycles. The molecule has 2 bridgehead atoms. The van der Waals surface area contributed by atoms with E-state index in [0.29, 0.717) is 12.6 Å². The van der Waals surface area contributed by atoms with Gasteiger partial charge in [0.05, 0.1) is 6.54 Å². The molecule has 3 aliphatic carbocycles. The molecule has 18 heavy (non-hydrogen) atoms. The minimum atomic E-state index is -0.998. The zero-order chi connectivity index (χ0) is 12.3. The fourth-order valence-electron chi connectivity index (χ4n) is 4.40. The zero-order valence-corrected chi connectivity index (χ0v) is 10.1. The van der Waals surface area contributed by atoms with Gasteiger partial charge in [0.1, 0.15) is 5.76 Å². The van der Waals surface area contributed by atoms with Crippen LogP contribution in [0.4, 0.5) is 0 Å². The number of carboxylic acids is 1. The second-order valence-corrected chi connectivity index (χ2v) is 5.97. The van der Waals surface area contributed by atoms with Crippen molar-refractivity contribution in [3.63, 3.8) is 0 Å². The molecule has 0 spiro atoms. The largest absolute Gasteiger partial charge is 0.475 e. The molecule has 1 aromatic rings. The van der Waals surface area contributed by atoms with Crippen molar-refractivity contribution < 1.29 is 14.3 Å². The second kappa shape index (κ2) is 3.60. The van der Waals surface area contributed by atoms with Crippen LogP contribution in [0.1, 0.15) is 35.6 Å². The summed E-state index contributed by atoms with van der Waals surface area (Å²) in [5.74, 6) is 3.48. The molecule has 4 rings (SSSR count).